The Balaban J connectivity index is 0.000000442. The third kappa shape index (κ3) is 9.52. The molecule has 3 aromatic rings. The topological polar surface area (TPSA) is 12.9 Å². The molecule has 0 radical (unpaired) electrons. The Labute approximate surface area is 167 Å². The molecule has 1 nitrogen and oxygen atoms in total. The van der Waals surface area contributed by atoms with E-state index in [4.69, 9.17) is 0 Å². The molecule has 1 heterocycles. The molecule has 3 rings (SSSR count). The second kappa shape index (κ2) is 13.7. The fourth-order valence-corrected chi connectivity index (χ4v) is 1.62. The summed E-state index contributed by atoms with van der Waals surface area (Å²) in [6.07, 6.45) is 5.74. The fourth-order valence-electron chi connectivity index (χ4n) is 1.62. The van der Waals surface area contributed by atoms with Gasteiger partial charge in [-0.3, -0.25) is 8.78 Å². The predicted molar refractivity (Wildman–Crippen MR) is 99.0 cm³/mol. The minimum absolute atomic E-state index is 0. The van der Waals surface area contributed by atoms with Crippen LogP contribution in [0.2, 0.25) is 0 Å². The van der Waals surface area contributed by atoms with Crippen molar-refractivity contribution in [1.29, 1.82) is 0 Å². The van der Waals surface area contributed by atoms with Crippen LogP contribution < -0.4 is 0 Å². The molecule has 134 valence electrons. The van der Waals surface area contributed by atoms with Crippen molar-refractivity contribution in [2.24, 2.45) is 0 Å². The quantitative estimate of drug-likeness (QED) is 0.249. The van der Waals surface area contributed by atoms with E-state index in [1.807, 2.05) is 24.3 Å². The summed E-state index contributed by atoms with van der Waals surface area (Å²) in [7, 11) is 0. The summed E-state index contributed by atoms with van der Waals surface area (Å²) in [6, 6.07) is 20.3. The van der Waals surface area contributed by atoms with Gasteiger partial charge in [-0.15, -0.1) is 12.1 Å². The van der Waals surface area contributed by atoms with Crippen molar-refractivity contribution in [3.63, 3.8) is 0 Å². The number of aromatic nitrogens is 1. The zero-order valence-corrected chi connectivity index (χ0v) is 17.4. The van der Waals surface area contributed by atoms with Gasteiger partial charge in [0.25, 0.3) is 0 Å². The number of thiol groups is 1. The summed E-state index contributed by atoms with van der Waals surface area (Å²) in [4.78, 5) is 3.95. The molecule has 1 aromatic heterocycles. The van der Waals surface area contributed by atoms with Crippen molar-refractivity contribution in [2.75, 3.05) is 12.5 Å². The largest absolute Gasteiger partial charge is 2.00 e. The van der Waals surface area contributed by atoms with Crippen LogP contribution in [0, 0.1) is 30.7 Å². The number of halogens is 2. The van der Waals surface area contributed by atoms with Gasteiger partial charge in [-0.2, -0.15) is 35.9 Å². The monoisotopic (exact) mass is 539 g/mol. The van der Waals surface area contributed by atoms with Crippen molar-refractivity contribution in [1.82, 2.24) is 4.98 Å². The van der Waals surface area contributed by atoms with E-state index in [2.05, 4.69) is 36.6 Å². The summed E-state index contributed by atoms with van der Waals surface area (Å²) in [5.41, 5.74) is 1.93. The zero-order valence-electron chi connectivity index (χ0n) is 14.2. The maximum absolute atomic E-state index is 13.2. The van der Waals surface area contributed by atoms with E-state index >= 15 is 0 Å². The Morgan fingerprint density at radius 1 is 1.04 bits per heavy atom. The van der Waals surface area contributed by atoms with Crippen molar-refractivity contribution in [2.45, 2.75) is 6.92 Å². The Kier molecular flexibility index (Phi) is 12.9. The van der Waals surface area contributed by atoms with E-state index in [1.165, 1.54) is 17.3 Å². The number of hydrogen-bond donors (Lipinski definition) is 0. The summed E-state index contributed by atoms with van der Waals surface area (Å²) in [5, 5.41) is 0. The maximum Gasteiger partial charge on any atom is 2.00 e. The minimum atomic E-state index is -0.649. The van der Waals surface area contributed by atoms with Crippen molar-refractivity contribution < 1.29 is 29.8 Å². The molecule has 0 aliphatic rings. The Morgan fingerprint density at radius 2 is 1.68 bits per heavy atom. The van der Waals surface area contributed by atoms with Gasteiger partial charge in [0, 0.05) is 17.8 Å². The molecular formula is C20H20F2NPtS+. The molecular weight excluding hydrogens is 519 g/mol. The summed E-state index contributed by atoms with van der Waals surface area (Å²) >= 11 is 1.42. The van der Waals surface area contributed by atoms with Gasteiger partial charge in [-0.1, -0.05) is 30.7 Å². The number of nitrogens with zero attached hydrogens (tertiary/aromatic N) is 1. The van der Waals surface area contributed by atoms with E-state index in [0.29, 0.717) is 5.69 Å². The molecule has 0 N–H and O–H groups in total. The van der Waals surface area contributed by atoms with Crippen LogP contribution >= 0.6 is 0 Å². The molecule has 0 saturated heterocycles. The smallest absolute Gasteiger partial charge is 0.305 e. The Morgan fingerprint density at radius 3 is 2.12 bits per heavy atom. The van der Waals surface area contributed by atoms with Crippen LogP contribution in [0.1, 0.15) is 5.56 Å². The molecule has 0 unspecified atom stereocenters. The minimum Gasteiger partial charge on any atom is -0.305 e. The maximum atomic E-state index is 13.2. The first-order chi connectivity index (χ1) is 11.6. The van der Waals surface area contributed by atoms with Crippen molar-refractivity contribution >= 4 is 11.8 Å². The number of benzene rings is 2. The number of aryl methyl sites for hydroxylation is 1. The van der Waals surface area contributed by atoms with Crippen LogP contribution in [0.25, 0.3) is 11.3 Å². The van der Waals surface area contributed by atoms with E-state index in [0.717, 1.165) is 12.1 Å². The van der Waals surface area contributed by atoms with Crippen molar-refractivity contribution in [3.05, 3.63) is 90.1 Å². The Bertz CT molecular complexity index is 709. The average molecular weight is 540 g/mol. The molecule has 2 aromatic carbocycles. The summed E-state index contributed by atoms with van der Waals surface area (Å²) in [6.45, 7) is 2.06. The van der Waals surface area contributed by atoms with Crippen LogP contribution in [0.15, 0.2) is 60.8 Å². The van der Waals surface area contributed by atoms with Crippen LogP contribution in [0.5, 0.6) is 0 Å². The molecule has 0 fully saturated rings. The summed E-state index contributed by atoms with van der Waals surface area (Å²) < 4.78 is 25.8. The standard InChI is InChI=1S/C11H6F2N.C7H7.C2H6S.Pt/c12-8-4-5-9(10(13)7-8)11-3-1-2-6-14-11;1-7-5-3-2-4-6-7;1-3-2;/h1-4,6-7H;3-6H,1H3;1-2H3;/q2*-1;;+2/p+1. The molecule has 0 bridgehead atoms. The first-order valence-corrected chi connectivity index (χ1v) is 9.06. The van der Waals surface area contributed by atoms with Crippen LogP contribution in [0.4, 0.5) is 8.78 Å². The first-order valence-electron chi connectivity index (χ1n) is 7.27. The van der Waals surface area contributed by atoms with Gasteiger partial charge in [-0.25, -0.2) is 0 Å². The van der Waals surface area contributed by atoms with E-state index in [-0.39, 0.29) is 26.6 Å². The van der Waals surface area contributed by atoms with Gasteiger partial charge in [0.05, 0.1) is 12.5 Å². The third-order valence-corrected chi connectivity index (χ3v) is 2.66. The molecule has 0 aliphatic heterocycles. The second-order valence-corrected chi connectivity index (χ2v) is 5.67. The molecule has 0 atom stereocenters. The predicted octanol–water partition coefficient (Wildman–Crippen LogP) is 4.68. The number of rotatable bonds is 1. The second-order valence-electron chi connectivity index (χ2n) is 4.78. The van der Waals surface area contributed by atoms with Crippen molar-refractivity contribution in [3.8, 4) is 11.3 Å². The normalized spacial score (nSPS) is 8.84. The van der Waals surface area contributed by atoms with Crippen LogP contribution in [0.3, 0.4) is 0 Å². The molecule has 5 heteroatoms. The number of hydrogen-bond acceptors (Lipinski definition) is 1. The SMILES string of the molecule is C[SH+]C.Cc1cc[c-]cc1.Fc1c[c-]c(-c2ccccn2)c(F)c1.[Pt+2]. The van der Waals surface area contributed by atoms with Gasteiger partial charge < -0.3 is 4.98 Å². The van der Waals surface area contributed by atoms with Gasteiger partial charge >= 0.3 is 21.1 Å². The average Bonchev–Trinajstić information content (AvgIpc) is 2.58. The fraction of sp³-hybridized carbons (Fsp3) is 0.150. The third-order valence-electron chi connectivity index (χ3n) is 2.66. The van der Waals surface area contributed by atoms with Gasteiger partial charge in [0.1, 0.15) is 0 Å². The zero-order chi connectivity index (χ0) is 17.8. The molecule has 0 amide bonds. The van der Waals surface area contributed by atoms with E-state index in [9.17, 15) is 8.78 Å². The molecule has 0 spiro atoms. The van der Waals surface area contributed by atoms with E-state index in [1.54, 1.807) is 24.4 Å². The summed E-state index contributed by atoms with van der Waals surface area (Å²) in [5.74, 6) is -1.29. The van der Waals surface area contributed by atoms with Crippen LogP contribution in [-0.4, -0.2) is 17.5 Å². The first kappa shape index (κ1) is 23.5. The molecule has 25 heavy (non-hydrogen) atoms. The number of pyridine rings is 1. The van der Waals surface area contributed by atoms with Gasteiger partial charge in [0.2, 0.25) is 0 Å². The Hall–Kier alpha value is -1.51. The molecule has 0 aliphatic carbocycles. The molecule has 0 saturated carbocycles. The van der Waals surface area contributed by atoms with Crippen LogP contribution in [-0.2, 0) is 32.8 Å². The van der Waals surface area contributed by atoms with E-state index < -0.39 is 11.6 Å². The van der Waals surface area contributed by atoms with Gasteiger partial charge in [0.15, 0.2) is 0 Å². The van der Waals surface area contributed by atoms with Gasteiger partial charge in [-0.05, 0) is 23.5 Å².